The Bertz CT molecular complexity index is 125. The fraction of sp³-hybridized carbons (Fsp3) is 0.800. The molecule has 2 atom stereocenters. The molecule has 0 spiro atoms. The summed E-state index contributed by atoms with van der Waals surface area (Å²) < 4.78 is 15.7. The summed E-state index contributed by atoms with van der Waals surface area (Å²) in [6.07, 6.45) is 1.96. The van der Waals surface area contributed by atoms with Crippen molar-refractivity contribution in [2.24, 2.45) is 0 Å². The van der Waals surface area contributed by atoms with E-state index >= 15 is 0 Å². The van der Waals surface area contributed by atoms with Gasteiger partial charge in [-0.05, 0) is 13.8 Å². The Morgan fingerprint density at radius 3 is 2.31 bits per heavy atom. The highest BCUT2D eigenvalue weighted by Gasteiger charge is 2.05. The lowest BCUT2D eigenvalue weighted by Gasteiger charge is -2.16. The van der Waals surface area contributed by atoms with Crippen molar-refractivity contribution in [1.82, 2.24) is 0 Å². The van der Waals surface area contributed by atoms with Gasteiger partial charge in [0.2, 0.25) is 0 Å². The molecule has 78 valence electrons. The van der Waals surface area contributed by atoms with Crippen molar-refractivity contribution in [3.8, 4) is 0 Å². The summed E-state index contributed by atoms with van der Waals surface area (Å²) in [7, 11) is 1.66. The number of hydrogen-bond acceptors (Lipinski definition) is 3. The number of hydrogen-bond donors (Lipinski definition) is 0. The Balaban J connectivity index is 3.33. The average Bonchev–Trinajstić information content (AvgIpc) is 2.12. The predicted octanol–water partition coefficient (Wildman–Crippen LogP) is 1.63. The number of ether oxygens (including phenoxy) is 3. The first-order valence-corrected chi connectivity index (χ1v) is 4.53. The second-order valence-corrected chi connectivity index (χ2v) is 3.03. The van der Waals surface area contributed by atoms with Gasteiger partial charge in [-0.3, -0.25) is 0 Å². The SMILES string of the molecule is C=CCOC(C)COC(C)COC. The van der Waals surface area contributed by atoms with Gasteiger partial charge in [0.1, 0.15) is 0 Å². The monoisotopic (exact) mass is 188 g/mol. The van der Waals surface area contributed by atoms with E-state index in [0.29, 0.717) is 19.8 Å². The van der Waals surface area contributed by atoms with Gasteiger partial charge < -0.3 is 14.2 Å². The van der Waals surface area contributed by atoms with Gasteiger partial charge in [0.25, 0.3) is 0 Å². The molecule has 0 aromatic carbocycles. The van der Waals surface area contributed by atoms with Crippen LogP contribution in [-0.2, 0) is 14.2 Å². The summed E-state index contributed by atoms with van der Waals surface area (Å²) in [6, 6.07) is 0. The maximum Gasteiger partial charge on any atom is 0.0784 e. The van der Waals surface area contributed by atoms with Gasteiger partial charge in [-0.25, -0.2) is 0 Å². The molecule has 0 aromatic rings. The highest BCUT2D eigenvalue weighted by molar-refractivity contribution is 4.65. The molecule has 3 nitrogen and oxygen atoms in total. The second kappa shape index (κ2) is 8.23. The first kappa shape index (κ1) is 12.6. The van der Waals surface area contributed by atoms with Gasteiger partial charge in [0.15, 0.2) is 0 Å². The van der Waals surface area contributed by atoms with Crippen molar-refractivity contribution in [2.75, 3.05) is 26.9 Å². The van der Waals surface area contributed by atoms with Crippen LogP contribution in [-0.4, -0.2) is 39.1 Å². The van der Waals surface area contributed by atoms with Crippen molar-refractivity contribution in [3.63, 3.8) is 0 Å². The Kier molecular flexibility index (Phi) is 7.99. The van der Waals surface area contributed by atoms with Gasteiger partial charge >= 0.3 is 0 Å². The summed E-state index contributed by atoms with van der Waals surface area (Å²) in [5.74, 6) is 0. The van der Waals surface area contributed by atoms with Crippen LogP contribution in [0.25, 0.3) is 0 Å². The molecule has 0 N–H and O–H groups in total. The van der Waals surface area contributed by atoms with Crippen LogP contribution in [0.4, 0.5) is 0 Å². The van der Waals surface area contributed by atoms with E-state index in [4.69, 9.17) is 14.2 Å². The molecule has 0 bridgehead atoms. The van der Waals surface area contributed by atoms with Gasteiger partial charge in [-0.1, -0.05) is 6.08 Å². The summed E-state index contributed by atoms with van der Waals surface area (Å²) in [5.41, 5.74) is 0. The maximum atomic E-state index is 5.46. The maximum absolute atomic E-state index is 5.46. The van der Waals surface area contributed by atoms with Crippen LogP contribution in [0.3, 0.4) is 0 Å². The van der Waals surface area contributed by atoms with Crippen LogP contribution in [0, 0.1) is 0 Å². The average molecular weight is 188 g/mol. The molecule has 0 rings (SSSR count). The lowest BCUT2D eigenvalue weighted by molar-refractivity contribution is -0.0453. The summed E-state index contributed by atoms with van der Waals surface area (Å²) >= 11 is 0. The number of methoxy groups -OCH3 is 1. The molecule has 0 aliphatic rings. The third-order valence-corrected chi connectivity index (χ3v) is 1.52. The van der Waals surface area contributed by atoms with Gasteiger partial charge in [-0.15, -0.1) is 6.58 Å². The largest absolute Gasteiger partial charge is 0.382 e. The zero-order valence-corrected chi connectivity index (χ0v) is 8.79. The zero-order valence-electron chi connectivity index (χ0n) is 8.79. The van der Waals surface area contributed by atoms with Crippen molar-refractivity contribution in [3.05, 3.63) is 12.7 Å². The van der Waals surface area contributed by atoms with E-state index in [0.717, 1.165) is 0 Å². The second-order valence-electron chi connectivity index (χ2n) is 3.03. The summed E-state index contributed by atoms with van der Waals surface area (Å²) in [6.45, 7) is 9.31. The van der Waals surface area contributed by atoms with Crippen LogP contribution >= 0.6 is 0 Å². The van der Waals surface area contributed by atoms with Crippen LogP contribution in [0.2, 0.25) is 0 Å². The minimum atomic E-state index is 0.109. The quantitative estimate of drug-likeness (QED) is 0.542. The zero-order chi connectivity index (χ0) is 10.1. The Hall–Kier alpha value is -0.380. The third-order valence-electron chi connectivity index (χ3n) is 1.52. The Labute approximate surface area is 80.7 Å². The van der Waals surface area contributed by atoms with E-state index < -0.39 is 0 Å². The lowest BCUT2D eigenvalue weighted by atomic mass is 10.4. The minimum Gasteiger partial charge on any atom is -0.382 e. The minimum absolute atomic E-state index is 0.109. The van der Waals surface area contributed by atoms with Crippen LogP contribution in [0.15, 0.2) is 12.7 Å². The van der Waals surface area contributed by atoms with Crippen molar-refractivity contribution >= 4 is 0 Å². The highest BCUT2D eigenvalue weighted by atomic mass is 16.6. The molecule has 3 heteroatoms. The molecule has 13 heavy (non-hydrogen) atoms. The highest BCUT2D eigenvalue weighted by Crippen LogP contribution is 1.97. The topological polar surface area (TPSA) is 27.7 Å². The van der Waals surface area contributed by atoms with Crippen LogP contribution in [0.5, 0.6) is 0 Å². The third kappa shape index (κ3) is 7.96. The molecular weight excluding hydrogens is 168 g/mol. The molecule has 0 fully saturated rings. The van der Waals surface area contributed by atoms with Crippen LogP contribution < -0.4 is 0 Å². The van der Waals surface area contributed by atoms with Gasteiger partial charge in [0.05, 0.1) is 32.0 Å². The van der Waals surface area contributed by atoms with E-state index in [1.807, 2.05) is 13.8 Å². The first-order valence-electron chi connectivity index (χ1n) is 4.53. The van der Waals surface area contributed by atoms with E-state index in [1.165, 1.54) is 0 Å². The molecule has 0 aliphatic heterocycles. The fourth-order valence-corrected chi connectivity index (χ4v) is 0.863. The normalized spacial score (nSPS) is 15.3. The summed E-state index contributed by atoms with van der Waals surface area (Å²) in [4.78, 5) is 0. The predicted molar refractivity (Wildman–Crippen MR) is 52.9 cm³/mol. The van der Waals surface area contributed by atoms with Crippen molar-refractivity contribution in [1.29, 1.82) is 0 Å². The molecule has 0 saturated heterocycles. The number of rotatable bonds is 8. The van der Waals surface area contributed by atoms with Gasteiger partial charge in [-0.2, -0.15) is 0 Å². The van der Waals surface area contributed by atoms with Crippen LogP contribution in [0.1, 0.15) is 13.8 Å². The molecule has 0 aliphatic carbocycles. The van der Waals surface area contributed by atoms with E-state index in [1.54, 1.807) is 13.2 Å². The molecule has 2 unspecified atom stereocenters. The molecule has 0 aromatic heterocycles. The van der Waals surface area contributed by atoms with Crippen molar-refractivity contribution < 1.29 is 14.2 Å². The van der Waals surface area contributed by atoms with Gasteiger partial charge in [0, 0.05) is 7.11 Å². The fourth-order valence-electron chi connectivity index (χ4n) is 0.863. The Morgan fingerprint density at radius 1 is 1.15 bits per heavy atom. The van der Waals surface area contributed by atoms with E-state index in [9.17, 15) is 0 Å². The molecule has 0 saturated carbocycles. The lowest BCUT2D eigenvalue weighted by Crippen LogP contribution is -2.23. The Morgan fingerprint density at radius 2 is 1.77 bits per heavy atom. The molecule has 0 heterocycles. The van der Waals surface area contributed by atoms with E-state index in [2.05, 4.69) is 6.58 Å². The first-order chi connectivity index (χ1) is 6.20. The summed E-state index contributed by atoms with van der Waals surface area (Å²) in [5, 5.41) is 0. The standard InChI is InChI=1S/C10H20O3/c1-5-6-12-10(3)8-13-9(2)7-11-4/h5,9-10H,1,6-8H2,2-4H3. The molecule has 0 radical (unpaired) electrons. The van der Waals surface area contributed by atoms with E-state index in [-0.39, 0.29) is 12.2 Å². The van der Waals surface area contributed by atoms with Crippen molar-refractivity contribution in [2.45, 2.75) is 26.1 Å². The smallest absolute Gasteiger partial charge is 0.0784 e. The molecular formula is C10H20O3. The molecule has 0 amide bonds.